The molecule has 0 bridgehead atoms. The number of halogens is 1. The molecule has 0 fully saturated rings. The third-order valence-corrected chi connectivity index (χ3v) is 3.18. The first kappa shape index (κ1) is 15.2. The maximum Gasteiger partial charge on any atom is 0.356 e. The SMILES string of the molecule is COC(=O)c1ccc([N+](=O)[O-])c(Oc2ccc(I)cc2)n1. The van der Waals surface area contributed by atoms with Gasteiger partial charge in [0.15, 0.2) is 5.69 Å². The van der Waals surface area contributed by atoms with Gasteiger partial charge in [-0.05, 0) is 52.9 Å². The van der Waals surface area contributed by atoms with Gasteiger partial charge < -0.3 is 9.47 Å². The molecule has 0 radical (unpaired) electrons. The van der Waals surface area contributed by atoms with E-state index in [1.165, 1.54) is 13.2 Å². The monoisotopic (exact) mass is 400 g/mol. The van der Waals surface area contributed by atoms with Crippen molar-refractivity contribution in [1.82, 2.24) is 4.98 Å². The molecule has 0 aliphatic carbocycles. The second kappa shape index (κ2) is 6.48. The van der Waals surface area contributed by atoms with Gasteiger partial charge in [-0.25, -0.2) is 4.79 Å². The summed E-state index contributed by atoms with van der Waals surface area (Å²) in [5.74, 6) is -0.575. The predicted molar refractivity (Wildman–Crippen MR) is 81.5 cm³/mol. The van der Waals surface area contributed by atoms with E-state index in [1.54, 1.807) is 24.3 Å². The molecule has 108 valence electrons. The van der Waals surface area contributed by atoms with E-state index in [0.717, 1.165) is 9.64 Å². The number of nitro groups is 1. The number of carbonyl (C=O) groups excluding carboxylic acids is 1. The van der Waals surface area contributed by atoms with Crippen molar-refractivity contribution in [2.24, 2.45) is 0 Å². The summed E-state index contributed by atoms with van der Waals surface area (Å²) in [4.78, 5) is 25.6. The third kappa shape index (κ3) is 3.66. The molecule has 0 saturated heterocycles. The number of carbonyl (C=O) groups is 1. The van der Waals surface area contributed by atoms with E-state index >= 15 is 0 Å². The van der Waals surface area contributed by atoms with Gasteiger partial charge in [-0.2, -0.15) is 4.98 Å². The Kier molecular flexibility index (Phi) is 4.68. The second-order valence-electron chi connectivity index (χ2n) is 3.83. The molecule has 21 heavy (non-hydrogen) atoms. The average Bonchev–Trinajstić information content (AvgIpc) is 2.48. The van der Waals surface area contributed by atoms with Crippen molar-refractivity contribution in [2.75, 3.05) is 7.11 Å². The summed E-state index contributed by atoms with van der Waals surface area (Å²) in [6.45, 7) is 0. The Hall–Kier alpha value is -2.23. The van der Waals surface area contributed by atoms with Crippen LogP contribution in [-0.4, -0.2) is 23.0 Å². The van der Waals surface area contributed by atoms with Crippen LogP contribution in [0.1, 0.15) is 10.5 Å². The number of esters is 1. The second-order valence-corrected chi connectivity index (χ2v) is 5.07. The Bertz CT molecular complexity index is 687. The van der Waals surface area contributed by atoms with E-state index < -0.39 is 10.9 Å². The highest BCUT2D eigenvalue weighted by atomic mass is 127. The van der Waals surface area contributed by atoms with Crippen molar-refractivity contribution in [1.29, 1.82) is 0 Å². The Labute approximate surface area is 133 Å². The first-order valence-corrected chi connectivity index (χ1v) is 6.76. The fraction of sp³-hybridized carbons (Fsp3) is 0.0769. The maximum absolute atomic E-state index is 11.4. The molecule has 0 amide bonds. The van der Waals surface area contributed by atoms with Crippen molar-refractivity contribution < 1.29 is 19.2 Å². The topological polar surface area (TPSA) is 91.6 Å². The summed E-state index contributed by atoms with van der Waals surface area (Å²) in [6.07, 6.45) is 0. The summed E-state index contributed by atoms with van der Waals surface area (Å²) in [5, 5.41) is 11.0. The smallest absolute Gasteiger partial charge is 0.356 e. The van der Waals surface area contributed by atoms with E-state index in [2.05, 4.69) is 32.3 Å². The van der Waals surface area contributed by atoms with Crippen molar-refractivity contribution in [3.8, 4) is 11.6 Å². The average molecular weight is 400 g/mol. The van der Waals surface area contributed by atoms with E-state index in [4.69, 9.17) is 4.74 Å². The van der Waals surface area contributed by atoms with Crippen LogP contribution >= 0.6 is 22.6 Å². The molecule has 0 saturated carbocycles. The van der Waals surface area contributed by atoms with Crippen LogP contribution in [0.2, 0.25) is 0 Å². The van der Waals surface area contributed by atoms with E-state index in [0.29, 0.717) is 5.75 Å². The van der Waals surface area contributed by atoms with Crippen LogP contribution in [0, 0.1) is 13.7 Å². The highest BCUT2D eigenvalue weighted by molar-refractivity contribution is 14.1. The zero-order valence-electron chi connectivity index (χ0n) is 10.8. The van der Waals surface area contributed by atoms with E-state index in [1.807, 2.05) is 0 Å². The molecule has 0 aliphatic heterocycles. The molecule has 1 aromatic heterocycles. The van der Waals surface area contributed by atoms with Gasteiger partial charge in [0.2, 0.25) is 0 Å². The molecule has 0 unspecified atom stereocenters. The molecule has 2 rings (SSSR count). The number of nitrogens with zero attached hydrogens (tertiary/aromatic N) is 2. The van der Waals surface area contributed by atoms with E-state index in [-0.39, 0.29) is 17.3 Å². The number of benzene rings is 1. The standard InChI is InChI=1S/C13H9IN2O5/c1-20-13(17)10-6-7-11(16(18)19)12(15-10)21-9-4-2-8(14)3-5-9/h2-7H,1H3. The van der Waals surface area contributed by atoms with Gasteiger partial charge in [0.1, 0.15) is 5.75 Å². The molecule has 7 nitrogen and oxygen atoms in total. The third-order valence-electron chi connectivity index (χ3n) is 2.46. The lowest BCUT2D eigenvalue weighted by atomic mass is 10.3. The van der Waals surface area contributed by atoms with Crippen LogP contribution in [0.4, 0.5) is 5.69 Å². The zero-order valence-corrected chi connectivity index (χ0v) is 12.9. The maximum atomic E-state index is 11.4. The van der Waals surface area contributed by atoms with Crippen LogP contribution < -0.4 is 4.74 Å². The molecular formula is C13H9IN2O5. The van der Waals surface area contributed by atoms with Gasteiger partial charge in [0.25, 0.3) is 5.88 Å². The van der Waals surface area contributed by atoms with Crippen LogP contribution in [0.25, 0.3) is 0 Å². The van der Waals surface area contributed by atoms with Gasteiger partial charge in [0.05, 0.1) is 12.0 Å². The Morgan fingerprint density at radius 1 is 1.24 bits per heavy atom. The summed E-state index contributed by atoms with van der Waals surface area (Å²) in [5.41, 5.74) is -0.398. The summed E-state index contributed by atoms with van der Waals surface area (Å²) in [6, 6.07) is 9.24. The van der Waals surface area contributed by atoms with Gasteiger partial charge in [-0.3, -0.25) is 10.1 Å². The van der Waals surface area contributed by atoms with Crippen LogP contribution in [0.3, 0.4) is 0 Å². The first-order chi connectivity index (χ1) is 10.0. The van der Waals surface area contributed by atoms with Crippen molar-refractivity contribution in [2.45, 2.75) is 0 Å². The highest BCUT2D eigenvalue weighted by Crippen LogP contribution is 2.29. The van der Waals surface area contributed by atoms with Gasteiger partial charge >= 0.3 is 11.7 Å². The Morgan fingerprint density at radius 2 is 1.90 bits per heavy atom. The Balaban J connectivity index is 2.40. The largest absolute Gasteiger partial charge is 0.464 e. The number of hydrogen-bond acceptors (Lipinski definition) is 6. The fourth-order valence-electron chi connectivity index (χ4n) is 1.48. The lowest BCUT2D eigenvalue weighted by molar-refractivity contribution is -0.386. The minimum Gasteiger partial charge on any atom is -0.464 e. The highest BCUT2D eigenvalue weighted by Gasteiger charge is 2.21. The quantitative estimate of drug-likeness (QED) is 0.339. The minimum absolute atomic E-state index is 0.0661. The number of rotatable bonds is 4. The zero-order chi connectivity index (χ0) is 15.4. The summed E-state index contributed by atoms with van der Waals surface area (Å²) in [7, 11) is 1.20. The minimum atomic E-state index is -0.697. The normalized spacial score (nSPS) is 10.0. The molecule has 1 heterocycles. The fourth-order valence-corrected chi connectivity index (χ4v) is 1.84. The van der Waals surface area contributed by atoms with Gasteiger partial charge in [0, 0.05) is 9.64 Å². The molecule has 0 aliphatic rings. The van der Waals surface area contributed by atoms with Crippen molar-refractivity contribution in [3.63, 3.8) is 0 Å². The molecule has 1 aromatic carbocycles. The van der Waals surface area contributed by atoms with Crippen molar-refractivity contribution in [3.05, 3.63) is 55.8 Å². The summed E-state index contributed by atoms with van der Waals surface area (Å²) < 4.78 is 10.9. The number of hydrogen-bond donors (Lipinski definition) is 0. The molecule has 2 aromatic rings. The lowest BCUT2D eigenvalue weighted by Crippen LogP contribution is -2.06. The number of pyridine rings is 1. The summed E-state index contributed by atoms with van der Waals surface area (Å²) >= 11 is 2.12. The van der Waals surface area contributed by atoms with Gasteiger partial charge in [-0.1, -0.05) is 0 Å². The number of ether oxygens (including phenoxy) is 2. The van der Waals surface area contributed by atoms with Crippen LogP contribution in [0.15, 0.2) is 36.4 Å². The Morgan fingerprint density at radius 3 is 2.48 bits per heavy atom. The predicted octanol–water partition coefficient (Wildman–Crippen LogP) is 3.17. The van der Waals surface area contributed by atoms with Crippen LogP contribution in [0.5, 0.6) is 11.6 Å². The van der Waals surface area contributed by atoms with E-state index in [9.17, 15) is 14.9 Å². The number of aromatic nitrogens is 1. The molecular weight excluding hydrogens is 391 g/mol. The molecule has 0 spiro atoms. The van der Waals surface area contributed by atoms with Crippen molar-refractivity contribution >= 4 is 34.2 Å². The van der Waals surface area contributed by atoms with Crippen LogP contribution in [-0.2, 0) is 4.74 Å². The molecule has 8 heteroatoms. The first-order valence-electron chi connectivity index (χ1n) is 5.68. The molecule has 0 atom stereocenters. The lowest BCUT2D eigenvalue weighted by Gasteiger charge is -2.06. The van der Waals surface area contributed by atoms with Gasteiger partial charge in [-0.15, -0.1) is 0 Å². The number of methoxy groups -OCH3 is 1. The molecule has 0 N–H and O–H groups in total.